The highest BCUT2D eigenvalue weighted by Gasteiger charge is 2.10. The molecule has 1 aromatic rings. The van der Waals surface area contributed by atoms with Crippen LogP contribution in [0.5, 0.6) is 0 Å². The standard InChI is InChI=1S/C15H22N2/c1-4-6-7-8-15(17-9-5-2)14-10-13(3)11-16-12-14/h1,10-12,15,17H,5-9H2,2-3H3. The van der Waals surface area contributed by atoms with Gasteiger partial charge in [0.25, 0.3) is 0 Å². The summed E-state index contributed by atoms with van der Waals surface area (Å²) in [5.41, 5.74) is 2.48. The van der Waals surface area contributed by atoms with Gasteiger partial charge in [-0.15, -0.1) is 12.3 Å². The van der Waals surface area contributed by atoms with Gasteiger partial charge in [-0.25, -0.2) is 0 Å². The highest BCUT2D eigenvalue weighted by molar-refractivity contribution is 5.20. The second-order valence-corrected chi connectivity index (χ2v) is 4.40. The minimum absolute atomic E-state index is 0.385. The van der Waals surface area contributed by atoms with Crippen LogP contribution in [0.2, 0.25) is 0 Å². The van der Waals surface area contributed by atoms with Crippen LogP contribution in [0.15, 0.2) is 18.5 Å². The van der Waals surface area contributed by atoms with Crippen molar-refractivity contribution in [3.8, 4) is 12.3 Å². The van der Waals surface area contributed by atoms with E-state index in [1.807, 2.05) is 12.4 Å². The summed E-state index contributed by atoms with van der Waals surface area (Å²) >= 11 is 0. The third kappa shape index (κ3) is 5.01. The van der Waals surface area contributed by atoms with Crippen molar-refractivity contribution in [1.82, 2.24) is 10.3 Å². The van der Waals surface area contributed by atoms with Gasteiger partial charge in [0.2, 0.25) is 0 Å². The molecule has 2 nitrogen and oxygen atoms in total. The Balaban J connectivity index is 2.64. The van der Waals surface area contributed by atoms with E-state index in [1.165, 1.54) is 11.1 Å². The molecule has 0 spiro atoms. The van der Waals surface area contributed by atoms with Crippen LogP contribution < -0.4 is 5.32 Å². The number of aryl methyl sites for hydroxylation is 1. The van der Waals surface area contributed by atoms with Crippen molar-refractivity contribution in [1.29, 1.82) is 0 Å². The fourth-order valence-corrected chi connectivity index (χ4v) is 1.88. The zero-order valence-corrected chi connectivity index (χ0v) is 10.9. The molecule has 0 aliphatic carbocycles. The molecule has 0 aliphatic heterocycles. The Morgan fingerprint density at radius 1 is 1.47 bits per heavy atom. The molecule has 92 valence electrons. The molecule has 0 saturated carbocycles. The third-order valence-electron chi connectivity index (χ3n) is 2.75. The van der Waals surface area contributed by atoms with E-state index in [1.54, 1.807) is 0 Å². The molecule has 1 atom stereocenters. The molecule has 17 heavy (non-hydrogen) atoms. The van der Waals surface area contributed by atoms with E-state index >= 15 is 0 Å². The summed E-state index contributed by atoms with van der Waals surface area (Å²) < 4.78 is 0. The summed E-state index contributed by atoms with van der Waals surface area (Å²) in [4.78, 5) is 4.26. The Morgan fingerprint density at radius 2 is 2.29 bits per heavy atom. The highest BCUT2D eigenvalue weighted by Crippen LogP contribution is 2.19. The van der Waals surface area contributed by atoms with E-state index in [4.69, 9.17) is 6.42 Å². The Hall–Kier alpha value is -1.33. The minimum Gasteiger partial charge on any atom is -0.310 e. The Morgan fingerprint density at radius 3 is 2.94 bits per heavy atom. The first-order valence-electron chi connectivity index (χ1n) is 6.36. The summed E-state index contributed by atoms with van der Waals surface area (Å²) in [5, 5.41) is 3.56. The van der Waals surface area contributed by atoms with Crippen LogP contribution in [-0.2, 0) is 0 Å². The SMILES string of the molecule is C#CCCCC(NCCC)c1cncc(C)c1. The number of hydrogen-bond acceptors (Lipinski definition) is 2. The summed E-state index contributed by atoms with van der Waals surface area (Å²) in [6, 6.07) is 2.59. The Labute approximate surface area is 105 Å². The third-order valence-corrected chi connectivity index (χ3v) is 2.75. The van der Waals surface area contributed by atoms with Crippen molar-refractivity contribution in [3.05, 3.63) is 29.6 Å². The number of nitrogens with one attached hydrogen (secondary N) is 1. The number of terminal acetylenes is 1. The van der Waals surface area contributed by atoms with E-state index < -0.39 is 0 Å². The van der Waals surface area contributed by atoms with Crippen LogP contribution >= 0.6 is 0 Å². The molecule has 0 saturated heterocycles. The fourth-order valence-electron chi connectivity index (χ4n) is 1.88. The largest absolute Gasteiger partial charge is 0.310 e. The molecule has 0 fully saturated rings. The van der Waals surface area contributed by atoms with Crippen LogP contribution in [0.4, 0.5) is 0 Å². The molecule has 0 aliphatic rings. The summed E-state index contributed by atoms with van der Waals surface area (Å²) in [6.07, 6.45) is 13.3. The second kappa shape index (κ2) is 7.86. The minimum atomic E-state index is 0.385. The van der Waals surface area contributed by atoms with Crippen LogP contribution in [0.3, 0.4) is 0 Å². The lowest BCUT2D eigenvalue weighted by atomic mass is 10.0. The molecular weight excluding hydrogens is 208 g/mol. The number of unbranched alkanes of at least 4 members (excludes halogenated alkanes) is 1. The lowest BCUT2D eigenvalue weighted by Gasteiger charge is -2.18. The van der Waals surface area contributed by atoms with Gasteiger partial charge in [-0.1, -0.05) is 13.0 Å². The molecule has 1 aromatic heterocycles. The quantitative estimate of drug-likeness (QED) is 0.574. The van der Waals surface area contributed by atoms with Gasteiger partial charge in [0.15, 0.2) is 0 Å². The molecular formula is C15H22N2. The van der Waals surface area contributed by atoms with Crippen LogP contribution in [-0.4, -0.2) is 11.5 Å². The normalized spacial score (nSPS) is 12.1. The van der Waals surface area contributed by atoms with E-state index in [2.05, 4.69) is 36.1 Å². The van der Waals surface area contributed by atoms with Gasteiger partial charge < -0.3 is 5.32 Å². The average Bonchev–Trinajstić information content (AvgIpc) is 2.33. The summed E-state index contributed by atoms with van der Waals surface area (Å²) in [7, 11) is 0. The number of rotatable bonds is 7. The van der Waals surface area contributed by atoms with Crippen molar-refractivity contribution in [2.45, 2.75) is 45.6 Å². The first-order valence-corrected chi connectivity index (χ1v) is 6.36. The van der Waals surface area contributed by atoms with Crippen molar-refractivity contribution in [2.75, 3.05) is 6.54 Å². The second-order valence-electron chi connectivity index (χ2n) is 4.40. The molecule has 1 rings (SSSR count). The molecule has 1 N–H and O–H groups in total. The van der Waals surface area contributed by atoms with Crippen molar-refractivity contribution in [2.24, 2.45) is 0 Å². The van der Waals surface area contributed by atoms with Crippen LogP contribution in [0.1, 0.15) is 49.8 Å². The first kappa shape index (κ1) is 13.7. The van der Waals surface area contributed by atoms with E-state index in [9.17, 15) is 0 Å². The lowest BCUT2D eigenvalue weighted by Crippen LogP contribution is -2.22. The number of aromatic nitrogens is 1. The Bertz CT molecular complexity index is 365. The lowest BCUT2D eigenvalue weighted by molar-refractivity contribution is 0.486. The highest BCUT2D eigenvalue weighted by atomic mass is 14.9. The fraction of sp³-hybridized carbons (Fsp3) is 0.533. The maximum atomic E-state index is 5.29. The monoisotopic (exact) mass is 230 g/mol. The van der Waals surface area contributed by atoms with Gasteiger partial charge in [0.1, 0.15) is 0 Å². The van der Waals surface area contributed by atoms with Crippen molar-refractivity contribution in [3.63, 3.8) is 0 Å². The Kier molecular flexibility index (Phi) is 6.35. The molecule has 0 aromatic carbocycles. The number of hydrogen-bond donors (Lipinski definition) is 1. The smallest absolute Gasteiger partial charge is 0.0335 e. The molecule has 0 radical (unpaired) electrons. The van der Waals surface area contributed by atoms with E-state index in [0.29, 0.717) is 6.04 Å². The van der Waals surface area contributed by atoms with Crippen molar-refractivity contribution >= 4 is 0 Å². The van der Waals surface area contributed by atoms with Gasteiger partial charge >= 0.3 is 0 Å². The maximum Gasteiger partial charge on any atom is 0.0335 e. The van der Waals surface area contributed by atoms with Gasteiger partial charge in [-0.3, -0.25) is 4.98 Å². The molecule has 0 bridgehead atoms. The van der Waals surface area contributed by atoms with Gasteiger partial charge in [-0.05, 0) is 43.9 Å². The number of nitrogens with zero attached hydrogens (tertiary/aromatic N) is 1. The average molecular weight is 230 g/mol. The van der Waals surface area contributed by atoms with E-state index in [0.717, 1.165) is 32.2 Å². The predicted molar refractivity (Wildman–Crippen MR) is 72.7 cm³/mol. The first-order chi connectivity index (χ1) is 8.27. The van der Waals surface area contributed by atoms with Gasteiger partial charge in [-0.2, -0.15) is 0 Å². The summed E-state index contributed by atoms with van der Waals surface area (Å²) in [6.45, 7) is 5.30. The van der Waals surface area contributed by atoms with Crippen molar-refractivity contribution < 1.29 is 0 Å². The molecule has 0 amide bonds. The molecule has 1 heterocycles. The predicted octanol–water partition coefficient (Wildman–Crippen LogP) is 3.23. The van der Waals surface area contributed by atoms with Gasteiger partial charge in [0.05, 0.1) is 0 Å². The van der Waals surface area contributed by atoms with E-state index in [-0.39, 0.29) is 0 Å². The van der Waals surface area contributed by atoms with Gasteiger partial charge in [0, 0.05) is 24.9 Å². The van der Waals surface area contributed by atoms with Crippen LogP contribution in [0.25, 0.3) is 0 Å². The maximum absolute atomic E-state index is 5.29. The summed E-state index contributed by atoms with van der Waals surface area (Å²) in [5.74, 6) is 2.70. The molecule has 2 heteroatoms. The van der Waals surface area contributed by atoms with Crippen LogP contribution in [0, 0.1) is 19.3 Å². The molecule has 1 unspecified atom stereocenters. The zero-order valence-electron chi connectivity index (χ0n) is 10.9. The zero-order chi connectivity index (χ0) is 12.5. The topological polar surface area (TPSA) is 24.9 Å². The number of pyridine rings is 1.